The van der Waals surface area contributed by atoms with Crippen molar-refractivity contribution in [3.8, 4) is 33.9 Å². The maximum Gasteiger partial charge on any atom is 0.224 e. The molecule has 0 saturated carbocycles. The van der Waals surface area contributed by atoms with Gasteiger partial charge in [-0.25, -0.2) is 13.8 Å². The van der Waals surface area contributed by atoms with Gasteiger partial charge in [0.15, 0.2) is 11.6 Å². The van der Waals surface area contributed by atoms with Gasteiger partial charge in [0.2, 0.25) is 5.91 Å². The highest BCUT2D eigenvalue weighted by molar-refractivity contribution is 5.98. The number of carbonyl (C=O) groups excluding carboxylic acids is 1. The van der Waals surface area contributed by atoms with Crippen LogP contribution >= 0.6 is 0 Å². The van der Waals surface area contributed by atoms with Gasteiger partial charge in [-0.2, -0.15) is 5.10 Å². The van der Waals surface area contributed by atoms with Gasteiger partial charge in [0.25, 0.3) is 0 Å². The summed E-state index contributed by atoms with van der Waals surface area (Å²) < 4.78 is 29.5. The first-order valence-electron chi connectivity index (χ1n) is 12.4. The molecule has 5 aromatic heterocycles. The average Bonchev–Trinajstić information content (AvgIpc) is 3.57. The van der Waals surface area contributed by atoms with Gasteiger partial charge in [-0.15, -0.1) is 0 Å². The van der Waals surface area contributed by atoms with E-state index in [1.165, 1.54) is 30.7 Å². The number of amides is 1. The number of hydrogen-bond acceptors (Lipinski definition) is 6. The minimum absolute atomic E-state index is 0.0621. The van der Waals surface area contributed by atoms with Crippen LogP contribution in [0.4, 0.5) is 14.5 Å². The lowest BCUT2D eigenvalue weighted by molar-refractivity contribution is -0.116. The highest BCUT2D eigenvalue weighted by Crippen LogP contribution is 2.34. The molecule has 9 nitrogen and oxygen atoms in total. The van der Waals surface area contributed by atoms with Crippen LogP contribution in [-0.2, 0) is 4.79 Å². The SMILES string of the molecule is CCCCC(=O)Nc1cncc(-c2ncc3[nH]nc(-c4nc5c(-c6ccc(F)cc6)cncc5[nH]4)c3c2F)c1. The fraction of sp³-hybridized carbons (Fsp3) is 0.143. The van der Waals surface area contributed by atoms with E-state index in [-0.39, 0.29) is 28.5 Å². The van der Waals surface area contributed by atoms with Crippen molar-refractivity contribution in [1.29, 1.82) is 0 Å². The Labute approximate surface area is 220 Å². The number of imidazole rings is 1. The second-order valence-electron chi connectivity index (χ2n) is 9.07. The molecule has 0 unspecified atom stereocenters. The van der Waals surface area contributed by atoms with E-state index >= 15 is 4.39 Å². The summed E-state index contributed by atoms with van der Waals surface area (Å²) in [5, 5.41) is 10.1. The number of benzene rings is 1. The van der Waals surface area contributed by atoms with Gasteiger partial charge in [-0.05, 0) is 30.2 Å². The Morgan fingerprint density at radius 1 is 0.949 bits per heavy atom. The number of aromatic amines is 2. The molecule has 1 aromatic carbocycles. The summed E-state index contributed by atoms with van der Waals surface area (Å²) in [5.41, 5.74) is 4.23. The van der Waals surface area contributed by atoms with E-state index in [2.05, 4.69) is 35.5 Å². The standard InChI is InChI=1S/C28H22F2N8O/c1-2-3-4-22(39)34-18-9-16(10-31-11-18)25-24(30)23-20(14-33-25)37-38-27(23)28-35-21-13-32-12-19(26(21)36-28)15-5-7-17(29)8-6-15/h5-14H,2-4H2,1H3,(H,34,39)(H,35,36)(H,37,38). The minimum atomic E-state index is -0.607. The second kappa shape index (κ2) is 10.0. The summed E-state index contributed by atoms with van der Waals surface area (Å²) in [6.45, 7) is 2.01. The number of pyridine rings is 3. The Hall–Kier alpha value is -5.06. The molecule has 1 amide bonds. The number of fused-ring (bicyclic) bond motifs is 2. The zero-order chi connectivity index (χ0) is 26.9. The van der Waals surface area contributed by atoms with Crippen molar-refractivity contribution in [2.24, 2.45) is 0 Å². The molecule has 0 aliphatic heterocycles. The first-order chi connectivity index (χ1) is 19.0. The monoisotopic (exact) mass is 524 g/mol. The molecular formula is C28H22F2N8O. The van der Waals surface area contributed by atoms with Gasteiger partial charge in [0, 0.05) is 29.9 Å². The molecule has 0 atom stereocenters. The topological polar surface area (TPSA) is 125 Å². The molecule has 0 radical (unpaired) electrons. The van der Waals surface area contributed by atoms with E-state index in [0.29, 0.717) is 45.6 Å². The second-order valence-corrected chi connectivity index (χ2v) is 9.07. The molecule has 0 aliphatic rings. The van der Waals surface area contributed by atoms with Gasteiger partial charge < -0.3 is 10.3 Å². The fourth-order valence-electron chi connectivity index (χ4n) is 4.43. The molecule has 39 heavy (non-hydrogen) atoms. The van der Waals surface area contributed by atoms with E-state index in [9.17, 15) is 9.18 Å². The first-order valence-corrected chi connectivity index (χ1v) is 12.4. The van der Waals surface area contributed by atoms with Gasteiger partial charge in [-0.3, -0.25) is 24.8 Å². The Morgan fingerprint density at radius 2 is 1.77 bits per heavy atom. The predicted molar refractivity (Wildman–Crippen MR) is 144 cm³/mol. The van der Waals surface area contributed by atoms with Crippen LogP contribution in [0.3, 0.4) is 0 Å². The molecule has 194 valence electrons. The fourth-order valence-corrected chi connectivity index (χ4v) is 4.43. The lowest BCUT2D eigenvalue weighted by atomic mass is 10.1. The number of halogens is 2. The van der Waals surface area contributed by atoms with Crippen molar-refractivity contribution in [1.82, 2.24) is 35.1 Å². The van der Waals surface area contributed by atoms with Gasteiger partial charge in [0.1, 0.15) is 17.2 Å². The maximum atomic E-state index is 16.0. The zero-order valence-corrected chi connectivity index (χ0v) is 20.8. The molecule has 0 bridgehead atoms. The van der Waals surface area contributed by atoms with Gasteiger partial charge in [0.05, 0.1) is 46.2 Å². The average molecular weight is 525 g/mol. The summed E-state index contributed by atoms with van der Waals surface area (Å²) in [6.07, 6.45) is 9.82. The normalized spacial score (nSPS) is 11.4. The van der Waals surface area contributed by atoms with E-state index in [1.807, 2.05) is 6.92 Å². The zero-order valence-electron chi connectivity index (χ0n) is 20.8. The van der Waals surface area contributed by atoms with Crippen molar-refractivity contribution < 1.29 is 13.6 Å². The molecule has 5 heterocycles. The third kappa shape index (κ3) is 4.58. The smallest absolute Gasteiger partial charge is 0.224 e. The summed E-state index contributed by atoms with van der Waals surface area (Å²) in [7, 11) is 0. The van der Waals surface area contributed by atoms with Crippen molar-refractivity contribution in [2.75, 3.05) is 5.32 Å². The first kappa shape index (κ1) is 24.3. The number of aromatic nitrogens is 7. The van der Waals surface area contributed by atoms with Crippen LogP contribution in [0.25, 0.3) is 55.8 Å². The highest BCUT2D eigenvalue weighted by atomic mass is 19.1. The Kier molecular flexibility index (Phi) is 6.23. The van der Waals surface area contributed by atoms with Crippen LogP contribution in [-0.4, -0.2) is 41.0 Å². The molecule has 3 N–H and O–H groups in total. The summed E-state index contributed by atoms with van der Waals surface area (Å²) in [6, 6.07) is 7.67. The number of rotatable bonds is 7. The number of nitrogens with one attached hydrogen (secondary N) is 3. The van der Waals surface area contributed by atoms with Crippen molar-refractivity contribution in [3.05, 3.63) is 73.0 Å². The Morgan fingerprint density at radius 3 is 2.59 bits per heavy atom. The highest BCUT2D eigenvalue weighted by Gasteiger charge is 2.21. The van der Waals surface area contributed by atoms with Crippen molar-refractivity contribution in [3.63, 3.8) is 0 Å². The van der Waals surface area contributed by atoms with Crippen LogP contribution in [0.5, 0.6) is 0 Å². The number of nitrogens with zero attached hydrogens (tertiary/aromatic N) is 5. The van der Waals surface area contributed by atoms with Crippen LogP contribution in [0.15, 0.2) is 61.3 Å². The third-order valence-electron chi connectivity index (χ3n) is 6.37. The van der Waals surface area contributed by atoms with Crippen molar-refractivity contribution in [2.45, 2.75) is 26.2 Å². The number of hydrogen-bond donors (Lipinski definition) is 3. The van der Waals surface area contributed by atoms with Gasteiger partial charge in [-0.1, -0.05) is 25.5 Å². The molecule has 11 heteroatoms. The Balaban J connectivity index is 1.41. The van der Waals surface area contributed by atoms with Crippen LogP contribution < -0.4 is 5.32 Å². The van der Waals surface area contributed by atoms with Crippen LogP contribution in [0.2, 0.25) is 0 Å². The lowest BCUT2D eigenvalue weighted by Gasteiger charge is -2.08. The van der Waals surface area contributed by atoms with Crippen LogP contribution in [0, 0.1) is 11.6 Å². The molecule has 6 rings (SSSR count). The van der Waals surface area contributed by atoms with Gasteiger partial charge >= 0.3 is 0 Å². The third-order valence-corrected chi connectivity index (χ3v) is 6.37. The van der Waals surface area contributed by atoms with E-state index in [0.717, 1.165) is 18.4 Å². The minimum Gasteiger partial charge on any atom is -0.335 e. The maximum absolute atomic E-state index is 16.0. The number of anilines is 1. The Bertz CT molecular complexity index is 1830. The number of H-pyrrole nitrogens is 2. The molecule has 6 aromatic rings. The summed E-state index contributed by atoms with van der Waals surface area (Å²) in [5.74, 6) is -0.746. The quantitative estimate of drug-likeness (QED) is 0.234. The summed E-state index contributed by atoms with van der Waals surface area (Å²) >= 11 is 0. The number of carbonyl (C=O) groups is 1. The van der Waals surface area contributed by atoms with E-state index in [1.54, 1.807) is 30.6 Å². The predicted octanol–water partition coefficient (Wildman–Crippen LogP) is 6.03. The molecular weight excluding hydrogens is 502 g/mol. The largest absolute Gasteiger partial charge is 0.335 e. The lowest BCUT2D eigenvalue weighted by Crippen LogP contribution is -2.11. The molecule has 0 fully saturated rings. The number of unbranched alkanes of at least 4 members (excludes halogenated alkanes) is 1. The molecule has 0 saturated heterocycles. The summed E-state index contributed by atoms with van der Waals surface area (Å²) in [4.78, 5) is 32.7. The molecule has 0 aliphatic carbocycles. The van der Waals surface area contributed by atoms with Crippen molar-refractivity contribution >= 4 is 33.5 Å². The van der Waals surface area contributed by atoms with E-state index in [4.69, 9.17) is 4.98 Å². The van der Waals surface area contributed by atoms with E-state index < -0.39 is 5.82 Å². The molecule has 0 spiro atoms. The van der Waals surface area contributed by atoms with Crippen LogP contribution in [0.1, 0.15) is 26.2 Å².